The number of carboxylic acid groups (broad SMARTS) is 1. The van der Waals surface area contributed by atoms with Gasteiger partial charge in [-0.2, -0.15) is 0 Å². The number of anilines is 2. The first-order valence-corrected chi connectivity index (χ1v) is 6.39. The SMILES string of the molecule is O=C(O)c1cncnc1Nc1ccc2sccc2c1. The molecule has 0 amide bonds. The van der Waals surface area contributed by atoms with Gasteiger partial charge in [-0.15, -0.1) is 11.3 Å². The van der Waals surface area contributed by atoms with E-state index in [0.29, 0.717) is 0 Å². The summed E-state index contributed by atoms with van der Waals surface area (Å²) in [7, 11) is 0. The molecule has 5 nitrogen and oxygen atoms in total. The highest BCUT2D eigenvalue weighted by molar-refractivity contribution is 7.17. The molecule has 0 bridgehead atoms. The van der Waals surface area contributed by atoms with Gasteiger partial charge in [0, 0.05) is 16.6 Å². The van der Waals surface area contributed by atoms with Gasteiger partial charge in [0.25, 0.3) is 0 Å². The van der Waals surface area contributed by atoms with Gasteiger partial charge < -0.3 is 10.4 Å². The normalized spacial score (nSPS) is 10.5. The predicted molar refractivity (Wildman–Crippen MR) is 74.1 cm³/mol. The first-order chi connectivity index (χ1) is 9.24. The molecule has 94 valence electrons. The van der Waals surface area contributed by atoms with E-state index in [-0.39, 0.29) is 11.4 Å². The number of hydrogen-bond acceptors (Lipinski definition) is 5. The summed E-state index contributed by atoms with van der Waals surface area (Å²) in [6.07, 6.45) is 2.60. The van der Waals surface area contributed by atoms with E-state index in [1.54, 1.807) is 11.3 Å². The second-order valence-electron chi connectivity index (χ2n) is 3.89. The van der Waals surface area contributed by atoms with Crippen LogP contribution in [-0.2, 0) is 0 Å². The maximum Gasteiger partial charge on any atom is 0.341 e. The van der Waals surface area contributed by atoms with E-state index in [1.165, 1.54) is 17.2 Å². The Morgan fingerprint density at radius 1 is 1.32 bits per heavy atom. The molecule has 2 aromatic heterocycles. The van der Waals surface area contributed by atoms with E-state index in [0.717, 1.165) is 11.1 Å². The lowest BCUT2D eigenvalue weighted by Crippen LogP contribution is -2.05. The first kappa shape index (κ1) is 11.6. The second kappa shape index (κ2) is 4.66. The molecule has 0 aliphatic heterocycles. The summed E-state index contributed by atoms with van der Waals surface area (Å²) < 4.78 is 1.19. The van der Waals surface area contributed by atoms with E-state index in [2.05, 4.69) is 15.3 Å². The number of thiophene rings is 1. The Balaban J connectivity index is 1.98. The van der Waals surface area contributed by atoms with Crippen molar-refractivity contribution in [1.82, 2.24) is 9.97 Å². The fourth-order valence-corrected chi connectivity index (χ4v) is 2.54. The van der Waals surface area contributed by atoms with Crippen LogP contribution in [-0.4, -0.2) is 21.0 Å². The molecule has 6 heteroatoms. The molecular weight excluding hydrogens is 262 g/mol. The van der Waals surface area contributed by atoms with Crippen molar-refractivity contribution in [3.8, 4) is 0 Å². The molecule has 2 heterocycles. The van der Waals surface area contributed by atoms with Crippen molar-refractivity contribution < 1.29 is 9.90 Å². The fraction of sp³-hybridized carbons (Fsp3) is 0. The zero-order chi connectivity index (χ0) is 13.2. The average Bonchev–Trinajstić information content (AvgIpc) is 2.86. The van der Waals surface area contributed by atoms with E-state index < -0.39 is 5.97 Å². The fourth-order valence-electron chi connectivity index (χ4n) is 1.77. The number of nitrogens with one attached hydrogen (secondary N) is 1. The molecule has 0 spiro atoms. The Bertz CT molecular complexity index is 754. The van der Waals surface area contributed by atoms with Crippen molar-refractivity contribution in [3.63, 3.8) is 0 Å². The zero-order valence-corrected chi connectivity index (χ0v) is 10.5. The lowest BCUT2D eigenvalue weighted by molar-refractivity contribution is 0.0697. The Morgan fingerprint density at radius 2 is 2.21 bits per heavy atom. The molecule has 0 fully saturated rings. The highest BCUT2D eigenvalue weighted by Gasteiger charge is 2.11. The third-order valence-corrected chi connectivity index (χ3v) is 3.56. The molecule has 0 aliphatic rings. The number of rotatable bonds is 3. The third-order valence-electron chi connectivity index (χ3n) is 2.66. The van der Waals surface area contributed by atoms with Crippen LogP contribution in [0.5, 0.6) is 0 Å². The summed E-state index contributed by atoms with van der Waals surface area (Å²) in [6.45, 7) is 0. The lowest BCUT2D eigenvalue weighted by Gasteiger charge is -2.07. The van der Waals surface area contributed by atoms with Crippen LogP contribution in [0.25, 0.3) is 10.1 Å². The minimum absolute atomic E-state index is 0.0490. The number of fused-ring (bicyclic) bond motifs is 1. The monoisotopic (exact) mass is 271 g/mol. The van der Waals surface area contributed by atoms with E-state index in [9.17, 15) is 4.79 Å². The highest BCUT2D eigenvalue weighted by atomic mass is 32.1. The van der Waals surface area contributed by atoms with Crippen LogP contribution in [0.4, 0.5) is 11.5 Å². The molecule has 3 aromatic rings. The number of carboxylic acids is 1. The van der Waals surface area contributed by atoms with Crippen molar-refractivity contribution in [1.29, 1.82) is 0 Å². The lowest BCUT2D eigenvalue weighted by atomic mass is 10.2. The molecule has 0 aliphatic carbocycles. The maximum atomic E-state index is 11.1. The minimum atomic E-state index is -1.06. The van der Waals surface area contributed by atoms with Crippen LogP contribution in [0.2, 0.25) is 0 Å². The van der Waals surface area contributed by atoms with Gasteiger partial charge in [0.05, 0.1) is 0 Å². The largest absolute Gasteiger partial charge is 0.477 e. The van der Waals surface area contributed by atoms with E-state index in [4.69, 9.17) is 5.11 Å². The van der Waals surface area contributed by atoms with Gasteiger partial charge in [0.1, 0.15) is 17.7 Å². The minimum Gasteiger partial charge on any atom is -0.477 e. The number of aromatic carboxylic acids is 1. The number of aromatic nitrogens is 2. The molecule has 0 saturated heterocycles. The molecular formula is C13H9N3O2S. The Hall–Kier alpha value is -2.47. The number of benzene rings is 1. The van der Waals surface area contributed by atoms with Gasteiger partial charge in [-0.05, 0) is 35.0 Å². The molecule has 0 radical (unpaired) electrons. The highest BCUT2D eigenvalue weighted by Crippen LogP contribution is 2.26. The summed E-state index contributed by atoms with van der Waals surface area (Å²) in [4.78, 5) is 18.7. The summed E-state index contributed by atoms with van der Waals surface area (Å²) in [5.74, 6) is -0.767. The van der Waals surface area contributed by atoms with Crippen molar-refractivity contribution >= 4 is 38.9 Å². The predicted octanol–water partition coefficient (Wildman–Crippen LogP) is 3.13. The molecule has 0 unspecified atom stereocenters. The first-order valence-electron chi connectivity index (χ1n) is 5.51. The quantitative estimate of drug-likeness (QED) is 0.765. The van der Waals surface area contributed by atoms with Crippen molar-refractivity contribution in [3.05, 3.63) is 47.7 Å². The van der Waals surface area contributed by atoms with Crippen LogP contribution in [0.15, 0.2) is 42.2 Å². The Labute approximate surface area is 112 Å². The summed E-state index contributed by atoms with van der Waals surface area (Å²) >= 11 is 1.66. The van der Waals surface area contributed by atoms with Crippen molar-refractivity contribution in [2.75, 3.05) is 5.32 Å². The molecule has 0 saturated carbocycles. The topological polar surface area (TPSA) is 75.1 Å². The molecule has 19 heavy (non-hydrogen) atoms. The van der Waals surface area contributed by atoms with E-state index in [1.807, 2.05) is 29.6 Å². The molecule has 0 atom stereocenters. The molecule has 3 rings (SSSR count). The van der Waals surface area contributed by atoms with Gasteiger partial charge in [-0.1, -0.05) is 0 Å². The zero-order valence-electron chi connectivity index (χ0n) is 9.70. The Morgan fingerprint density at radius 3 is 3.05 bits per heavy atom. The summed E-state index contributed by atoms with van der Waals surface area (Å²) in [5, 5.41) is 15.2. The van der Waals surface area contributed by atoms with Crippen molar-refractivity contribution in [2.24, 2.45) is 0 Å². The van der Waals surface area contributed by atoms with Gasteiger partial charge in [-0.3, -0.25) is 0 Å². The van der Waals surface area contributed by atoms with Crippen LogP contribution < -0.4 is 5.32 Å². The maximum absolute atomic E-state index is 11.1. The summed E-state index contributed by atoms with van der Waals surface area (Å²) in [6, 6.07) is 7.86. The number of nitrogens with zero attached hydrogens (tertiary/aromatic N) is 2. The van der Waals surface area contributed by atoms with Crippen molar-refractivity contribution in [2.45, 2.75) is 0 Å². The van der Waals surface area contributed by atoms with Gasteiger partial charge >= 0.3 is 5.97 Å². The number of carbonyl (C=O) groups is 1. The average molecular weight is 271 g/mol. The van der Waals surface area contributed by atoms with Crippen LogP contribution in [0.3, 0.4) is 0 Å². The smallest absolute Gasteiger partial charge is 0.341 e. The number of hydrogen-bond donors (Lipinski definition) is 2. The standard InChI is InChI=1S/C13H9N3O2S/c17-13(18)10-6-14-7-15-12(10)16-9-1-2-11-8(5-9)3-4-19-11/h1-7H,(H,17,18)(H,14,15,16). The van der Waals surface area contributed by atoms with Gasteiger partial charge in [0.15, 0.2) is 0 Å². The summed E-state index contributed by atoms with van der Waals surface area (Å²) in [5.41, 5.74) is 0.847. The van der Waals surface area contributed by atoms with Crippen LogP contribution >= 0.6 is 11.3 Å². The van der Waals surface area contributed by atoms with Crippen LogP contribution in [0.1, 0.15) is 10.4 Å². The van der Waals surface area contributed by atoms with Crippen LogP contribution in [0, 0.1) is 0 Å². The van der Waals surface area contributed by atoms with E-state index >= 15 is 0 Å². The van der Waals surface area contributed by atoms with Gasteiger partial charge in [-0.25, -0.2) is 14.8 Å². The molecule has 2 N–H and O–H groups in total. The Kier molecular flexibility index (Phi) is 2.85. The third kappa shape index (κ3) is 2.25. The molecule has 1 aromatic carbocycles. The second-order valence-corrected chi connectivity index (χ2v) is 4.84. The van der Waals surface area contributed by atoms with Gasteiger partial charge in [0.2, 0.25) is 0 Å².